The van der Waals surface area contributed by atoms with E-state index in [1.165, 1.54) is 19.1 Å². The van der Waals surface area contributed by atoms with Crippen molar-refractivity contribution >= 4 is 38.2 Å². The number of nitro benzene ring substituents is 1. The highest BCUT2D eigenvalue weighted by molar-refractivity contribution is 7.93. The molecule has 0 radical (unpaired) electrons. The number of nitrogens with zero attached hydrogens (tertiary/aromatic N) is 2. The smallest absolute Gasteiger partial charge is 0.279 e. The Morgan fingerprint density at radius 3 is 2.38 bits per heavy atom. The minimum Gasteiger partial charge on any atom is -0.279 e. The second-order valence-corrected chi connectivity index (χ2v) is 7.95. The number of rotatable bonds is 6. The van der Waals surface area contributed by atoms with Crippen molar-refractivity contribution in [3.63, 3.8) is 0 Å². The Morgan fingerprint density at radius 1 is 1.19 bits per heavy atom. The van der Waals surface area contributed by atoms with Crippen molar-refractivity contribution in [2.45, 2.75) is 31.7 Å². The van der Waals surface area contributed by atoms with Gasteiger partial charge in [-0.1, -0.05) is 24.3 Å². The second-order valence-electron chi connectivity index (χ2n) is 5.80. The monoisotopic (exact) mass is 396 g/mol. The maximum atomic E-state index is 13.3. The molecule has 2 aromatic carbocycles. The Bertz CT molecular complexity index is 975. The highest BCUT2D eigenvalue weighted by atomic mass is 35.5. The van der Waals surface area contributed by atoms with E-state index >= 15 is 0 Å². The third-order valence-corrected chi connectivity index (χ3v) is 6.13. The first-order valence-electron chi connectivity index (χ1n) is 7.62. The SMILES string of the molecule is Cc1ccc(C)c(N(C(C)C(=O)Cl)S(=O)(=O)c2ccccc2[N+](=O)[O-])c1. The number of para-hydroxylation sites is 1. The number of hydrogen-bond donors (Lipinski definition) is 0. The Kier molecular flexibility index (Phi) is 5.68. The molecule has 26 heavy (non-hydrogen) atoms. The Balaban J connectivity index is 2.80. The molecule has 0 saturated heterocycles. The van der Waals surface area contributed by atoms with Gasteiger partial charge in [0.15, 0.2) is 4.90 Å². The van der Waals surface area contributed by atoms with Crippen molar-refractivity contribution in [2.24, 2.45) is 0 Å². The summed E-state index contributed by atoms with van der Waals surface area (Å²) >= 11 is 5.58. The zero-order valence-corrected chi connectivity index (χ0v) is 15.9. The summed E-state index contributed by atoms with van der Waals surface area (Å²) in [6, 6.07) is 8.84. The zero-order chi connectivity index (χ0) is 19.6. The van der Waals surface area contributed by atoms with Gasteiger partial charge in [0.2, 0.25) is 5.24 Å². The van der Waals surface area contributed by atoms with Crippen LogP contribution in [0, 0.1) is 24.0 Å². The molecule has 7 nitrogen and oxygen atoms in total. The van der Waals surface area contributed by atoms with Gasteiger partial charge in [-0.15, -0.1) is 0 Å². The lowest BCUT2D eigenvalue weighted by Crippen LogP contribution is -2.42. The number of sulfonamides is 1. The van der Waals surface area contributed by atoms with Crippen molar-refractivity contribution in [2.75, 3.05) is 4.31 Å². The van der Waals surface area contributed by atoms with Gasteiger partial charge in [0.25, 0.3) is 15.7 Å². The number of carbonyl (C=O) groups excluding carboxylic acids is 1. The third kappa shape index (κ3) is 3.71. The van der Waals surface area contributed by atoms with Crippen molar-refractivity contribution in [3.8, 4) is 0 Å². The molecule has 0 bridgehead atoms. The molecule has 0 spiro atoms. The Labute approximate surface area is 156 Å². The van der Waals surface area contributed by atoms with Gasteiger partial charge in [-0.3, -0.25) is 19.2 Å². The molecule has 0 saturated carbocycles. The molecule has 0 aliphatic heterocycles. The molecule has 9 heteroatoms. The average Bonchev–Trinajstić information content (AvgIpc) is 2.57. The number of halogens is 1. The summed E-state index contributed by atoms with van der Waals surface area (Å²) < 4.78 is 27.4. The molecular weight excluding hydrogens is 380 g/mol. The van der Waals surface area contributed by atoms with Crippen molar-refractivity contribution in [3.05, 3.63) is 63.7 Å². The van der Waals surface area contributed by atoms with Gasteiger partial charge in [0, 0.05) is 6.07 Å². The van der Waals surface area contributed by atoms with E-state index < -0.39 is 36.8 Å². The summed E-state index contributed by atoms with van der Waals surface area (Å²) in [4.78, 5) is 21.8. The minimum absolute atomic E-state index is 0.240. The normalized spacial score (nSPS) is 12.5. The van der Waals surface area contributed by atoms with E-state index in [1.54, 1.807) is 32.0 Å². The number of hydrogen-bond acceptors (Lipinski definition) is 5. The van der Waals surface area contributed by atoms with Crippen molar-refractivity contribution in [1.82, 2.24) is 0 Å². The quantitative estimate of drug-likeness (QED) is 0.422. The van der Waals surface area contributed by atoms with Crippen LogP contribution >= 0.6 is 11.6 Å². The summed E-state index contributed by atoms with van der Waals surface area (Å²) in [6.45, 7) is 4.79. The van der Waals surface area contributed by atoms with Crippen LogP contribution in [0.2, 0.25) is 0 Å². The molecule has 0 aliphatic carbocycles. The zero-order valence-electron chi connectivity index (χ0n) is 14.3. The Morgan fingerprint density at radius 2 is 1.81 bits per heavy atom. The molecule has 0 fully saturated rings. The van der Waals surface area contributed by atoms with Gasteiger partial charge in [-0.05, 0) is 55.6 Å². The van der Waals surface area contributed by atoms with Crippen LogP contribution in [0.15, 0.2) is 47.4 Å². The van der Waals surface area contributed by atoms with E-state index in [9.17, 15) is 23.3 Å². The topological polar surface area (TPSA) is 97.6 Å². The summed E-state index contributed by atoms with van der Waals surface area (Å²) in [5.41, 5.74) is 1.02. The molecule has 1 atom stereocenters. The second kappa shape index (κ2) is 7.43. The van der Waals surface area contributed by atoms with Gasteiger partial charge >= 0.3 is 0 Å². The van der Waals surface area contributed by atoms with Gasteiger partial charge < -0.3 is 0 Å². The lowest BCUT2D eigenvalue weighted by atomic mass is 10.1. The van der Waals surface area contributed by atoms with Crippen molar-refractivity contribution in [1.29, 1.82) is 0 Å². The molecular formula is C17H17ClN2O5S. The van der Waals surface area contributed by atoms with Gasteiger partial charge in [0.1, 0.15) is 6.04 Å². The van der Waals surface area contributed by atoms with Crippen LogP contribution in [0.25, 0.3) is 0 Å². The maximum absolute atomic E-state index is 13.3. The largest absolute Gasteiger partial charge is 0.289 e. The van der Waals surface area contributed by atoms with Crippen LogP contribution in [0.1, 0.15) is 18.1 Å². The van der Waals surface area contributed by atoms with Crippen molar-refractivity contribution < 1.29 is 18.1 Å². The third-order valence-electron chi connectivity index (χ3n) is 3.88. The minimum atomic E-state index is -4.43. The standard InChI is InChI=1S/C17H17ClN2O5S/c1-11-8-9-12(2)15(10-11)19(13(3)17(18)21)26(24,25)16-7-5-4-6-14(16)20(22)23/h4-10,13H,1-3H3. The fraction of sp³-hybridized carbons (Fsp3) is 0.235. The summed E-state index contributed by atoms with van der Waals surface area (Å²) in [5, 5.41) is 10.4. The van der Waals surface area contributed by atoms with Crippen LogP contribution in [0.3, 0.4) is 0 Å². The first-order chi connectivity index (χ1) is 12.1. The average molecular weight is 397 g/mol. The molecule has 0 amide bonds. The first-order valence-corrected chi connectivity index (χ1v) is 9.43. The lowest BCUT2D eigenvalue weighted by Gasteiger charge is -2.29. The van der Waals surface area contributed by atoms with Crippen LogP contribution < -0.4 is 4.31 Å². The summed E-state index contributed by atoms with van der Waals surface area (Å²) in [7, 11) is -4.43. The summed E-state index contributed by atoms with van der Waals surface area (Å²) in [5.74, 6) is 0. The molecule has 0 aliphatic rings. The maximum Gasteiger partial charge on any atom is 0.289 e. The van der Waals surface area contributed by atoms with Crippen LogP contribution in [-0.2, 0) is 14.8 Å². The summed E-state index contributed by atoms with van der Waals surface area (Å²) in [6.07, 6.45) is 0. The Hall–Kier alpha value is -2.45. The highest BCUT2D eigenvalue weighted by Gasteiger charge is 2.37. The molecule has 2 rings (SSSR count). The van der Waals surface area contributed by atoms with E-state index in [2.05, 4.69) is 0 Å². The van der Waals surface area contributed by atoms with Crippen LogP contribution in [-0.4, -0.2) is 24.6 Å². The highest BCUT2D eigenvalue weighted by Crippen LogP contribution is 2.34. The van der Waals surface area contributed by atoms with E-state index in [1.807, 2.05) is 0 Å². The van der Waals surface area contributed by atoms with E-state index in [-0.39, 0.29) is 5.69 Å². The first kappa shape index (κ1) is 19.9. The van der Waals surface area contributed by atoms with Gasteiger partial charge in [-0.2, -0.15) is 0 Å². The molecule has 0 heterocycles. The number of nitro groups is 1. The van der Waals surface area contributed by atoms with Crippen LogP contribution in [0.5, 0.6) is 0 Å². The fourth-order valence-corrected chi connectivity index (χ4v) is 4.52. The number of aryl methyl sites for hydroxylation is 2. The number of carbonyl (C=O) groups is 1. The predicted molar refractivity (Wildman–Crippen MR) is 99.0 cm³/mol. The number of benzene rings is 2. The number of anilines is 1. The molecule has 0 aromatic heterocycles. The van der Waals surface area contributed by atoms with Gasteiger partial charge in [0.05, 0.1) is 10.6 Å². The molecule has 138 valence electrons. The van der Waals surface area contributed by atoms with E-state index in [0.29, 0.717) is 5.56 Å². The van der Waals surface area contributed by atoms with E-state index in [0.717, 1.165) is 22.0 Å². The van der Waals surface area contributed by atoms with E-state index in [4.69, 9.17) is 11.6 Å². The van der Waals surface area contributed by atoms with Gasteiger partial charge in [-0.25, -0.2) is 8.42 Å². The molecule has 0 N–H and O–H groups in total. The molecule has 2 aromatic rings. The fourth-order valence-electron chi connectivity index (χ4n) is 2.53. The molecule has 1 unspecified atom stereocenters. The lowest BCUT2D eigenvalue weighted by molar-refractivity contribution is -0.387. The van der Waals surface area contributed by atoms with Crippen LogP contribution in [0.4, 0.5) is 11.4 Å². The predicted octanol–water partition coefficient (Wildman–Crippen LogP) is 3.56.